The lowest BCUT2D eigenvalue weighted by Crippen LogP contribution is -2.51. The number of hydrogen-bond donors (Lipinski definition) is 0. The normalized spacial score (nSPS) is 14.6. The van der Waals surface area contributed by atoms with Crippen LogP contribution in [0.4, 0.5) is 0 Å². The number of nitrogens with zero attached hydrogens (tertiary/aromatic N) is 1. The minimum Gasteiger partial charge on any atom is -0.377 e. The predicted octanol–water partition coefficient (Wildman–Crippen LogP) is 2.73. The van der Waals surface area contributed by atoms with Gasteiger partial charge in [0, 0.05) is 12.1 Å². The lowest BCUT2D eigenvalue weighted by molar-refractivity contribution is -0.0566. The van der Waals surface area contributed by atoms with Gasteiger partial charge in [0.15, 0.2) is 0 Å². The van der Waals surface area contributed by atoms with Gasteiger partial charge in [0.1, 0.15) is 0 Å². The molecule has 1 heterocycles. The van der Waals surface area contributed by atoms with Crippen LogP contribution in [0.2, 0.25) is 0 Å². The zero-order valence-corrected chi connectivity index (χ0v) is 11.2. The summed E-state index contributed by atoms with van der Waals surface area (Å²) in [5.74, 6) is 0.0720. The SMILES string of the molecule is O=C(c1ccccc1)N(Cc1ccccc1)C1COC1. The van der Waals surface area contributed by atoms with Crippen LogP contribution in [-0.4, -0.2) is 30.1 Å². The molecule has 20 heavy (non-hydrogen) atoms. The highest BCUT2D eigenvalue weighted by atomic mass is 16.5. The minimum absolute atomic E-state index is 0.0720. The van der Waals surface area contributed by atoms with Crippen molar-refractivity contribution in [2.75, 3.05) is 13.2 Å². The highest BCUT2D eigenvalue weighted by Crippen LogP contribution is 2.18. The second kappa shape index (κ2) is 5.88. The second-order valence-electron chi connectivity index (χ2n) is 4.98. The molecule has 0 aromatic heterocycles. The summed E-state index contributed by atoms with van der Waals surface area (Å²) in [4.78, 5) is 14.6. The van der Waals surface area contributed by atoms with Gasteiger partial charge in [0.25, 0.3) is 5.91 Å². The molecule has 1 amide bonds. The van der Waals surface area contributed by atoms with Crippen molar-refractivity contribution in [3.05, 3.63) is 71.8 Å². The smallest absolute Gasteiger partial charge is 0.254 e. The van der Waals surface area contributed by atoms with E-state index in [0.29, 0.717) is 19.8 Å². The number of carbonyl (C=O) groups is 1. The van der Waals surface area contributed by atoms with Crippen molar-refractivity contribution in [2.24, 2.45) is 0 Å². The van der Waals surface area contributed by atoms with E-state index in [2.05, 4.69) is 0 Å². The van der Waals surface area contributed by atoms with Gasteiger partial charge in [-0.15, -0.1) is 0 Å². The Bertz CT molecular complexity index is 564. The summed E-state index contributed by atoms with van der Waals surface area (Å²) in [6.07, 6.45) is 0. The highest BCUT2D eigenvalue weighted by molar-refractivity contribution is 5.94. The van der Waals surface area contributed by atoms with Crippen LogP contribution in [0.25, 0.3) is 0 Å². The van der Waals surface area contributed by atoms with E-state index < -0.39 is 0 Å². The second-order valence-corrected chi connectivity index (χ2v) is 4.98. The molecule has 1 aliphatic heterocycles. The third kappa shape index (κ3) is 2.73. The molecule has 0 aliphatic carbocycles. The third-order valence-electron chi connectivity index (χ3n) is 3.54. The Morgan fingerprint density at radius 3 is 2.15 bits per heavy atom. The topological polar surface area (TPSA) is 29.5 Å². The molecule has 0 saturated carbocycles. The molecule has 0 unspecified atom stereocenters. The van der Waals surface area contributed by atoms with Gasteiger partial charge in [-0.05, 0) is 17.7 Å². The fourth-order valence-corrected chi connectivity index (χ4v) is 2.30. The molecule has 102 valence electrons. The molecule has 0 atom stereocenters. The van der Waals surface area contributed by atoms with Gasteiger partial charge in [-0.25, -0.2) is 0 Å². The summed E-state index contributed by atoms with van der Waals surface area (Å²) in [7, 11) is 0. The first-order valence-corrected chi connectivity index (χ1v) is 6.82. The Hall–Kier alpha value is -2.13. The molecule has 3 heteroatoms. The Balaban J connectivity index is 1.81. The van der Waals surface area contributed by atoms with Gasteiger partial charge in [0.05, 0.1) is 19.3 Å². The highest BCUT2D eigenvalue weighted by Gasteiger charge is 2.30. The molecule has 2 aromatic rings. The molecule has 3 nitrogen and oxygen atoms in total. The van der Waals surface area contributed by atoms with Crippen LogP contribution in [0.1, 0.15) is 15.9 Å². The van der Waals surface area contributed by atoms with Gasteiger partial charge in [0.2, 0.25) is 0 Å². The fraction of sp³-hybridized carbons (Fsp3) is 0.235. The maximum absolute atomic E-state index is 12.7. The largest absolute Gasteiger partial charge is 0.377 e. The quantitative estimate of drug-likeness (QED) is 0.852. The molecule has 0 radical (unpaired) electrons. The number of rotatable bonds is 4. The average Bonchev–Trinajstić information content (AvgIpc) is 2.46. The molecule has 0 N–H and O–H groups in total. The summed E-state index contributed by atoms with van der Waals surface area (Å²) in [6.45, 7) is 1.89. The van der Waals surface area contributed by atoms with Crippen LogP contribution in [0.15, 0.2) is 60.7 Å². The molecule has 0 spiro atoms. The van der Waals surface area contributed by atoms with Gasteiger partial charge in [-0.2, -0.15) is 0 Å². The van der Waals surface area contributed by atoms with Gasteiger partial charge in [-0.3, -0.25) is 4.79 Å². The lowest BCUT2D eigenvalue weighted by atomic mass is 10.1. The van der Waals surface area contributed by atoms with Crippen LogP contribution < -0.4 is 0 Å². The Morgan fingerprint density at radius 2 is 1.60 bits per heavy atom. The molecule has 0 bridgehead atoms. The van der Waals surface area contributed by atoms with Crippen molar-refractivity contribution < 1.29 is 9.53 Å². The summed E-state index contributed by atoms with van der Waals surface area (Å²) in [5, 5.41) is 0. The lowest BCUT2D eigenvalue weighted by Gasteiger charge is -2.37. The van der Waals surface area contributed by atoms with Crippen molar-refractivity contribution in [3.8, 4) is 0 Å². The monoisotopic (exact) mass is 267 g/mol. The Kier molecular flexibility index (Phi) is 3.79. The number of carbonyl (C=O) groups excluding carboxylic acids is 1. The summed E-state index contributed by atoms with van der Waals surface area (Å²) in [5.41, 5.74) is 1.87. The molecule has 1 saturated heterocycles. The fourth-order valence-electron chi connectivity index (χ4n) is 2.30. The zero-order chi connectivity index (χ0) is 13.8. The van der Waals surface area contributed by atoms with Crippen molar-refractivity contribution in [2.45, 2.75) is 12.6 Å². The molecular formula is C17H17NO2. The van der Waals surface area contributed by atoms with E-state index in [9.17, 15) is 4.79 Å². The Morgan fingerprint density at radius 1 is 1.00 bits per heavy atom. The van der Waals surface area contributed by atoms with Crippen LogP contribution in [0.5, 0.6) is 0 Å². The summed E-state index contributed by atoms with van der Waals surface area (Å²) >= 11 is 0. The maximum Gasteiger partial charge on any atom is 0.254 e. The average molecular weight is 267 g/mol. The van der Waals surface area contributed by atoms with Crippen LogP contribution >= 0.6 is 0 Å². The van der Waals surface area contributed by atoms with Gasteiger partial charge in [-0.1, -0.05) is 48.5 Å². The third-order valence-corrected chi connectivity index (χ3v) is 3.54. The first kappa shape index (κ1) is 12.9. The van der Waals surface area contributed by atoms with E-state index in [-0.39, 0.29) is 11.9 Å². The van der Waals surface area contributed by atoms with E-state index in [4.69, 9.17) is 4.74 Å². The number of ether oxygens (including phenoxy) is 1. The molecular weight excluding hydrogens is 250 g/mol. The van der Waals surface area contributed by atoms with Gasteiger partial charge >= 0.3 is 0 Å². The van der Waals surface area contributed by atoms with Crippen molar-refractivity contribution in [1.82, 2.24) is 4.90 Å². The van der Waals surface area contributed by atoms with E-state index in [1.807, 2.05) is 65.6 Å². The standard InChI is InChI=1S/C17H17NO2/c19-17(15-9-5-2-6-10-15)18(16-12-20-13-16)11-14-7-3-1-4-8-14/h1-10,16H,11-13H2. The van der Waals surface area contributed by atoms with Crippen LogP contribution in [-0.2, 0) is 11.3 Å². The number of hydrogen-bond acceptors (Lipinski definition) is 2. The summed E-state index contributed by atoms with van der Waals surface area (Å²) in [6, 6.07) is 19.7. The number of benzene rings is 2. The van der Waals surface area contributed by atoms with E-state index in [1.165, 1.54) is 0 Å². The van der Waals surface area contributed by atoms with Gasteiger partial charge < -0.3 is 9.64 Å². The number of amides is 1. The van der Waals surface area contributed by atoms with Crippen LogP contribution in [0, 0.1) is 0 Å². The van der Waals surface area contributed by atoms with E-state index in [1.54, 1.807) is 0 Å². The van der Waals surface area contributed by atoms with Crippen molar-refractivity contribution in [1.29, 1.82) is 0 Å². The Labute approximate surface area is 118 Å². The summed E-state index contributed by atoms with van der Waals surface area (Å²) < 4.78 is 5.25. The van der Waals surface area contributed by atoms with Crippen molar-refractivity contribution >= 4 is 5.91 Å². The zero-order valence-electron chi connectivity index (χ0n) is 11.2. The van der Waals surface area contributed by atoms with E-state index in [0.717, 1.165) is 11.1 Å². The van der Waals surface area contributed by atoms with E-state index >= 15 is 0 Å². The molecule has 2 aromatic carbocycles. The van der Waals surface area contributed by atoms with Crippen molar-refractivity contribution in [3.63, 3.8) is 0 Å². The molecule has 1 aliphatic rings. The minimum atomic E-state index is 0.0720. The maximum atomic E-state index is 12.7. The predicted molar refractivity (Wildman–Crippen MR) is 77.4 cm³/mol. The first-order chi connectivity index (χ1) is 9.84. The first-order valence-electron chi connectivity index (χ1n) is 6.82. The molecule has 1 fully saturated rings. The van der Waals surface area contributed by atoms with Crippen LogP contribution in [0.3, 0.4) is 0 Å². The molecule has 3 rings (SSSR count).